The van der Waals surface area contributed by atoms with Crippen LogP contribution in [-0.2, 0) is 0 Å². The van der Waals surface area contributed by atoms with Gasteiger partial charge in [-0.2, -0.15) is 0 Å². The zero-order valence-corrected chi connectivity index (χ0v) is 26.0. The van der Waals surface area contributed by atoms with Gasteiger partial charge in [-0.05, 0) is 70.6 Å². The molecule has 10 aromatic rings. The Morgan fingerprint density at radius 3 is 2.02 bits per heavy atom. The molecular weight excluding hydrogens is 604 g/mol. The van der Waals surface area contributed by atoms with Crippen molar-refractivity contribution in [2.45, 2.75) is 0 Å². The number of para-hydroxylation sites is 2. The lowest BCUT2D eigenvalue weighted by atomic mass is 9.90. The summed E-state index contributed by atoms with van der Waals surface area (Å²) in [6.07, 6.45) is 0. The molecular formula is C44H24N2O3. The maximum atomic E-state index is 6.71. The quantitative estimate of drug-likeness (QED) is 0.195. The predicted molar refractivity (Wildman–Crippen MR) is 196 cm³/mol. The molecule has 0 spiro atoms. The smallest absolute Gasteiger partial charge is 0.180 e. The van der Waals surface area contributed by atoms with E-state index in [9.17, 15) is 0 Å². The van der Waals surface area contributed by atoms with Crippen LogP contribution < -0.4 is 4.74 Å². The first-order chi connectivity index (χ1) is 24.3. The monoisotopic (exact) mass is 628 g/mol. The second-order valence-electron chi connectivity index (χ2n) is 12.5. The van der Waals surface area contributed by atoms with Crippen LogP contribution in [0.15, 0.2) is 154 Å². The summed E-state index contributed by atoms with van der Waals surface area (Å²) in [4.78, 5) is 10.3. The molecule has 5 heteroatoms. The second-order valence-corrected chi connectivity index (χ2v) is 12.5. The van der Waals surface area contributed by atoms with Gasteiger partial charge in [-0.3, -0.25) is 0 Å². The maximum Gasteiger partial charge on any atom is 0.180 e. The van der Waals surface area contributed by atoms with Crippen molar-refractivity contribution in [1.29, 1.82) is 0 Å². The second kappa shape index (κ2) is 9.89. The summed E-state index contributed by atoms with van der Waals surface area (Å²) in [6.45, 7) is 0. The molecule has 0 amide bonds. The first kappa shape index (κ1) is 26.4. The van der Waals surface area contributed by atoms with E-state index in [0.717, 1.165) is 99.8 Å². The Morgan fingerprint density at radius 2 is 1.12 bits per heavy atom. The van der Waals surface area contributed by atoms with Crippen LogP contribution in [0.1, 0.15) is 0 Å². The molecule has 0 N–H and O–H groups in total. The molecule has 1 aliphatic heterocycles. The van der Waals surface area contributed by atoms with Crippen LogP contribution in [0.4, 0.5) is 0 Å². The van der Waals surface area contributed by atoms with E-state index in [2.05, 4.69) is 78.9 Å². The van der Waals surface area contributed by atoms with E-state index in [1.807, 2.05) is 66.7 Å². The molecule has 0 radical (unpaired) electrons. The maximum absolute atomic E-state index is 6.71. The average molecular weight is 629 g/mol. The molecule has 228 valence electrons. The predicted octanol–water partition coefficient (Wildman–Crippen LogP) is 12.2. The number of rotatable bonds is 3. The molecule has 4 heterocycles. The van der Waals surface area contributed by atoms with E-state index >= 15 is 0 Å². The van der Waals surface area contributed by atoms with Crippen LogP contribution in [0.3, 0.4) is 0 Å². The lowest BCUT2D eigenvalue weighted by Crippen LogP contribution is -2.00. The first-order valence-corrected chi connectivity index (χ1v) is 16.3. The van der Waals surface area contributed by atoms with E-state index < -0.39 is 0 Å². The Kier molecular flexibility index (Phi) is 5.32. The molecule has 0 unspecified atom stereocenters. The van der Waals surface area contributed by atoms with Crippen molar-refractivity contribution in [1.82, 2.24) is 9.97 Å². The SMILES string of the molecule is c1ccc(-c2nc(-c3ccc4c5c(cccc35)-c3ccc(-c5cccc6oc7ccccc7c56)cc3O4)nc3c2oc2ccccc23)cc1. The van der Waals surface area contributed by atoms with E-state index in [4.69, 9.17) is 23.5 Å². The molecule has 0 bridgehead atoms. The first-order valence-electron chi connectivity index (χ1n) is 16.3. The largest absolute Gasteiger partial charge is 0.456 e. The van der Waals surface area contributed by atoms with Gasteiger partial charge in [0, 0.05) is 38.2 Å². The Morgan fingerprint density at radius 1 is 0.408 bits per heavy atom. The molecule has 0 fully saturated rings. The molecule has 0 aliphatic carbocycles. The summed E-state index contributed by atoms with van der Waals surface area (Å²) in [5, 5.41) is 5.26. The molecule has 7 aromatic carbocycles. The molecule has 11 rings (SSSR count). The summed E-state index contributed by atoms with van der Waals surface area (Å²) < 4.78 is 19.3. The summed E-state index contributed by atoms with van der Waals surface area (Å²) in [5.41, 5.74) is 11.1. The fourth-order valence-corrected chi connectivity index (χ4v) is 7.51. The van der Waals surface area contributed by atoms with Crippen LogP contribution in [0.25, 0.3) is 99.7 Å². The Bertz CT molecular complexity index is 2970. The van der Waals surface area contributed by atoms with Crippen molar-refractivity contribution >= 4 is 54.8 Å². The Balaban J connectivity index is 1.10. The van der Waals surface area contributed by atoms with Gasteiger partial charge in [-0.25, -0.2) is 9.97 Å². The topological polar surface area (TPSA) is 61.3 Å². The molecule has 5 nitrogen and oxygen atoms in total. The molecule has 1 aliphatic rings. The highest BCUT2D eigenvalue weighted by Gasteiger charge is 2.25. The summed E-state index contributed by atoms with van der Waals surface area (Å²) in [5.74, 6) is 2.27. The van der Waals surface area contributed by atoms with Crippen molar-refractivity contribution in [2.75, 3.05) is 0 Å². The zero-order chi connectivity index (χ0) is 32.1. The summed E-state index contributed by atoms with van der Waals surface area (Å²) >= 11 is 0. The highest BCUT2D eigenvalue weighted by molar-refractivity contribution is 6.14. The van der Waals surface area contributed by atoms with Gasteiger partial charge in [-0.1, -0.05) is 97.1 Å². The zero-order valence-electron chi connectivity index (χ0n) is 26.0. The minimum Gasteiger partial charge on any atom is -0.456 e. The van der Waals surface area contributed by atoms with Crippen LogP contribution in [0.2, 0.25) is 0 Å². The summed E-state index contributed by atoms with van der Waals surface area (Å²) in [6, 6.07) is 49.7. The number of furan rings is 2. The van der Waals surface area contributed by atoms with E-state index in [-0.39, 0.29) is 0 Å². The standard InChI is InChI=1S/C44H24N2O3/c1-2-10-25(11-3-1)41-43-42(33-13-5-7-18-35(33)49-43)46-44(45-41)31-22-23-37-40-29(15-8-16-30(31)40)28-21-20-26(24-38(28)48-37)27-14-9-19-36-39(27)32-12-4-6-17-34(32)47-36/h1-24H. The number of aromatic nitrogens is 2. The lowest BCUT2D eigenvalue weighted by Gasteiger charge is -2.23. The van der Waals surface area contributed by atoms with Crippen molar-refractivity contribution in [3.05, 3.63) is 146 Å². The third-order valence-electron chi connectivity index (χ3n) is 9.72. The van der Waals surface area contributed by atoms with Crippen molar-refractivity contribution in [3.8, 4) is 56.4 Å². The number of ether oxygens (including phenoxy) is 1. The molecule has 0 saturated carbocycles. The minimum absolute atomic E-state index is 0.642. The van der Waals surface area contributed by atoms with Crippen LogP contribution in [0.5, 0.6) is 11.5 Å². The van der Waals surface area contributed by atoms with Gasteiger partial charge in [0.1, 0.15) is 39.5 Å². The van der Waals surface area contributed by atoms with Gasteiger partial charge >= 0.3 is 0 Å². The fourth-order valence-electron chi connectivity index (χ4n) is 7.51. The Labute approximate surface area is 279 Å². The van der Waals surface area contributed by atoms with E-state index in [1.165, 1.54) is 0 Å². The Hall–Kier alpha value is -6.72. The van der Waals surface area contributed by atoms with Gasteiger partial charge < -0.3 is 13.6 Å². The molecule has 49 heavy (non-hydrogen) atoms. The van der Waals surface area contributed by atoms with Crippen LogP contribution >= 0.6 is 0 Å². The lowest BCUT2D eigenvalue weighted by molar-refractivity contribution is 0.487. The number of hydrogen-bond donors (Lipinski definition) is 0. The number of fused-ring (bicyclic) bond motifs is 8. The average Bonchev–Trinajstić information content (AvgIpc) is 3.73. The number of nitrogens with zero attached hydrogens (tertiary/aromatic N) is 2. The minimum atomic E-state index is 0.642. The van der Waals surface area contributed by atoms with Crippen molar-refractivity contribution < 1.29 is 13.6 Å². The molecule has 0 atom stereocenters. The third kappa shape index (κ3) is 3.81. The van der Waals surface area contributed by atoms with Crippen LogP contribution in [-0.4, -0.2) is 9.97 Å². The fraction of sp³-hybridized carbons (Fsp3) is 0. The van der Waals surface area contributed by atoms with E-state index in [0.29, 0.717) is 11.4 Å². The molecule has 3 aromatic heterocycles. The van der Waals surface area contributed by atoms with Gasteiger partial charge in [-0.15, -0.1) is 0 Å². The highest BCUT2D eigenvalue weighted by Crippen LogP contribution is 2.50. The van der Waals surface area contributed by atoms with E-state index in [1.54, 1.807) is 0 Å². The highest BCUT2D eigenvalue weighted by atomic mass is 16.5. The molecule has 0 saturated heterocycles. The van der Waals surface area contributed by atoms with Gasteiger partial charge in [0.15, 0.2) is 11.4 Å². The number of benzene rings is 7. The third-order valence-corrected chi connectivity index (χ3v) is 9.72. The van der Waals surface area contributed by atoms with Crippen molar-refractivity contribution in [3.63, 3.8) is 0 Å². The van der Waals surface area contributed by atoms with Crippen molar-refractivity contribution in [2.24, 2.45) is 0 Å². The normalized spacial score (nSPS) is 12.2. The van der Waals surface area contributed by atoms with Gasteiger partial charge in [0.2, 0.25) is 0 Å². The van der Waals surface area contributed by atoms with Crippen LogP contribution in [0, 0.1) is 0 Å². The van der Waals surface area contributed by atoms with Gasteiger partial charge in [0.05, 0.1) is 0 Å². The van der Waals surface area contributed by atoms with Gasteiger partial charge in [0.25, 0.3) is 0 Å². The summed E-state index contributed by atoms with van der Waals surface area (Å²) in [7, 11) is 0. The number of hydrogen-bond acceptors (Lipinski definition) is 5.